The second-order valence-electron chi connectivity index (χ2n) is 7.17. The van der Waals surface area contributed by atoms with Crippen LogP contribution in [0.25, 0.3) is 0 Å². The Morgan fingerprint density at radius 3 is 2.68 bits per heavy atom. The van der Waals surface area contributed by atoms with Crippen LogP contribution in [0.4, 0.5) is 5.95 Å². The van der Waals surface area contributed by atoms with Crippen LogP contribution in [0.15, 0.2) is 24.4 Å². The van der Waals surface area contributed by atoms with Crippen molar-refractivity contribution in [3.63, 3.8) is 0 Å². The average Bonchev–Trinajstić information content (AvgIpc) is 3.16. The fourth-order valence-corrected chi connectivity index (χ4v) is 3.16. The molecular weight excluding hydrogens is 380 g/mol. The van der Waals surface area contributed by atoms with E-state index >= 15 is 0 Å². The first kappa shape index (κ1) is 20.2. The summed E-state index contributed by atoms with van der Waals surface area (Å²) in [5.74, 6) is 1.63. The molecular formula is C20H25ClN4O3. The molecule has 1 aromatic carbocycles. The molecule has 8 heteroatoms. The Morgan fingerprint density at radius 1 is 1.25 bits per heavy atom. The summed E-state index contributed by atoms with van der Waals surface area (Å²) in [5, 5.41) is 3.18. The van der Waals surface area contributed by atoms with Crippen molar-refractivity contribution in [3.05, 3.63) is 40.7 Å². The van der Waals surface area contributed by atoms with Gasteiger partial charge in [0, 0.05) is 25.0 Å². The fourth-order valence-electron chi connectivity index (χ4n) is 2.98. The summed E-state index contributed by atoms with van der Waals surface area (Å²) < 4.78 is 10.8. The predicted octanol–water partition coefficient (Wildman–Crippen LogP) is 3.41. The van der Waals surface area contributed by atoms with Gasteiger partial charge in [-0.15, -0.1) is 0 Å². The maximum Gasteiger partial charge on any atom is 0.271 e. The molecule has 1 amide bonds. The van der Waals surface area contributed by atoms with Gasteiger partial charge in [0.25, 0.3) is 5.91 Å². The number of rotatable bonds is 7. The van der Waals surface area contributed by atoms with Crippen molar-refractivity contribution >= 4 is 23.5 Å². The van der Waals surface area contributed by atoms with Gasteiger partial charge in [-0.3, -0.25) is 4.79 Å². The van der Waals surface area contributed by atoms with E-state index in [1.54, 1.807) is 0 Å². The molecule has 1 aliphatic heterocycles. The van der Waals surface area contributed by atoms with Crippen LogP contribution in [-0.2, 0) is 5.41 Å². The van der Waals surface area contributed by atoms with Crippen molar-refractivity contribution in [2.45, 2.75) is 33.1 Å². The van der Waals surface area contributed by atoms with Crippen molar-refractivity contribution in [2.24, 2.45) is 0 Å². The third-order valence-electron chi connectivity index (χ3n) is 4.84. The minimum absolute atomic E-state index is 0.181. The second kappa shape index (κ2) is 8.22. The lowest BCUT2D eigenvalue weighted by Crippen LogP contribution is -2.37. The Kier molecular flexibility index (Phi) is 5.93. The Labute approximate surface area is 170 Å². The summed E-state index contributed by atoms with van der Waals surface area (Å²) in [6.07, 6.45) is 1.47. The SMILES string of the molecule is CCN(CC)c1ncc(Cl)c(C(=O)NCC(C)(C)c2ccc3c(c2)OCO3)n1. The molecule has 150 valence electrons. The first-order valence-electron chi connectivity index (χ1n) is 9.31. The highest BCUT2D eigenvalue weighted by molar-refractivity contribution is 6.33. The summed E-state index contributed by atoms with van der Waals surface area (Å²) in [6, 6.07) is 5.82. The summed E-state index contributed by atoms with van der Waals surface area (Å²) in [5.41, 5.74) is 0.896. The van der Waals surface area contributed by atoms with Gasteiger partial charge in [0.05, 0.1) is 11.2 Å². The van der Waals surface area contributed by atoms with Gasteiger partial charge < -0.3 is 19.7 Å². The van der Waals surface area contributed by atoms with Gasteiger partial charge in [0.2, 0.25) is 12.7 Å². The van der Waals surface area contributed by atoms with E-state index in [9.17, 15) is 4.79 Å². The zero-order valence-electron chi connectivity index (χ0n) is 16.6. The van der Waals surface area contributed by atoms with E-state index < -0.39 is 0 Å². The number of nitrogens with zero attached hydrogens (tertiary/aromatic N) is 3. The lowest BCUT2D eigenvalue weighted by Gasteiger charge is -2.26. The molecule has 0 atom stereocenters. The number of amides is 1. The van der Waals surface area contributed by atoms with Crippen LogP contribution in [0.3, 0.4) is 0 Å². The van der Waals surface area contributed by atoms with Crippen LogP contribution in [0.1, 0.15) is 43.7 Å². The van der Waals surface area contributed by atoms with E-state index in [2.05, 4.69) is 15.3 Å². The smallest absolute Gasteiger partial charge is 0.271 e. The Bertz CT molecular complexity index is 869. The summed E-state index contributed by atoms with van der Waals surface area (Å²) in [6.45, 7) is 10.3. The first-order chi connectivity index (χ1) is 13.4. The van der Waals surface area contributed by atoms with Crippen molar-refractivity contribution < 1.29 is 14.3 Å². The van der Waals surface area contributed by atoms with Crippen LogP contribution in [0.5, 0.6) is 11.5 Å². The van der Waals surface area contributed by atoms with Crippen molar-refractivity contribution in [1.29, 1.82) is 0 Å². The molecule has 0 unspecified atom stereocenters. The number of carbonyl (C=O) groups is 1. The molecule has 0 spiro atoms. The highest BCUT2D eigenvalue weighted by atomic mass is 35.5. The van der Waals surface area contributed by atoms with E-state index in [4.69, 9.17) is 21.1 Å². The largest absolute Gasteiger partial charge is 0.454 e. The molecule has 1 N–H and O–H groups in total. The Hall–Kier alpha value is -2.54. The van der Waals surface area contributed by atoms with E-state index in [0.29, 0.717) is 12.5 Å². The van der Waals surface area contributed by atoms with Gasteiger partial charge in [-0.25, -0.2) is 9.97 Å². The summed E-state index contributed by atoms with van der Waals surface area (Å²) in [7, 11) is 0. The minimum atomic E-state index is -0.324. The van der Waals surface area contributed by atoms with Crippen LogP contribution >= 0.6 is 11.6 Å². The van der Waals surface area contributed by atoms with Crippen LogP contribution in [-0.4, -0.2) is 42.3 Å². The molecule has 1 aromatic heterocycles. The maximum atomic E-state index is 12.7. The highest BCUT2D eigenvalue weighted by Gasteiger charge is 2.26. The number of aromatic nitrogens is 2. The van der Waals surface area contributed by atoms with Gasteiger partial charge in [0.1, 0.15) is 0 Å². The molecule has 7 nitrogen and oxygen atoms in total. The number of anilines is 1. The number of halogens is 1. The van der Waals surface area contributed by atoms with E-state index in [1.165, 1.54) is 6.20 Å². The number of benzene rings is 1. The Balaban J connectivity index is 1.73. The number of nitrogens with one attached hydrogen (secondary N) is 1. The van der Waals surface area contributed by atoms with Gasteiger partial charge in [-0.1, -0.05) is 31.5 Å². The maximum absolute atomic E-state index is 12.7. The minimum Gasteiger partial charge on any atom is -0.454 e. The van der Waals surface area contributed by atoms with E-state index in [0.717, 1.165) is 30.2 Å². The Morgan fingerprint density at radius 2 is 1.96 bits per heavy atom. The molecule has 1 aliphatic rings. The van der Waals surface area contributed by atoms with Crippen LogP contribution < -0.4 is 19.7 Å². The topological polar surface area (TPSA) is 76.6 Å². The third kappa shape index (κ3) is 4.14. The number of hydrogen-bond acceptors (Lipinski definition) is 6. The third-order valence-corrected chi connectivity index (χ3v) is 5.11. The van der Waals surface area contributed by atoms with Gasteiger partial charge in [0.15, 0.2) is 17.2 Å². The molecule has 0 saturated carbocycles. The molecule has 3 rings (SSSR count). The van der Waals surface area contributed by atoms with Gasteiger partial charge >= 0.3 is 0 Å². The molecule has 28 heavy (non-hydrogen) atoms. The molecule has 0 fully saturated rings. The first-order valence-corrected chi connectivity index (χ1v) is 9.69. The second-order valence-corrected chi connectivity index (χ2v) is 7.58. The van der Waals surface area contributed by atoms with Crippen molar-refractivity contribution in [3.8, 4) is 11.5 Å². The number of fused-ring (bicyclic) bond motifs is 1. The number of carbonyl (C=O) groups excluding carboxylic acids is 1. The highest BCUT2D eigenvalue weighted by Crippen LogP contribution is 2.36. The average molecular weight is 405 g/mol. The molecule has 2 aromatic rings. The van der Waals surface area contributed by atoms with Crippen LogP contribution in [0.2, 0.25) is 5.02 Å². The molecule has 0 aliphatic carbocycles. The molecule has 0 radical (unpaired) electrons. The zero-order chi connectivity index (χ0) is 20.3. The van der Waals surface area contributed by atoms with Gasteiger partial charge in [-0.2, -0.15) is 0 Å². The number of ether oxygens (including phenoxy) is 2. The number of hydrogen-bond donors (Lipinski definition) is 1. The molecule has 0 saturated heterocycles. The quantitative estimate of drug-likeness (QED) is 0.762. The molecule has 2 heterocycles. The summed E-state index contributed by atoms with van der Waals surface area (Å²) in [4.78, 5) is 23.3. The predicted molar refractivity (Wildman–Crippen MR) is 109 cm³/mol. The zero-order valence-corrected chi connectivity index (χ0v) is 17.3. The van der Waals surface area contributed by atoms with E-state index in [1.807, 2.05) is 50.8 Å². The summed E-state index contributed by atoms with van der Waals surface area (Å²) >= 11 is 6.18. The van der Waals surface area contributed by atoms with Crippen molar-refractivity contribution in [1.82, 2.24) is 15.3 Å². The monoisotopic (exact) mass is 404 g/mol. The normalized spacial score (nSPS) is 12.8. The van der Waals surface area contributed by atoms with E-state index in [-0.39, 0.29) is 28.8 Å². The standard InChI is InChI=1S/C20H25ClN4O3/c1-5-25(6-2)19-22-10-14(21)17(24-19)18(26)23-11-20(3,4)13-7-8-15-16(9-13)28-12-27-15/h7-10H,5-6,11-12H2,1-4H3,(H,23,26). The lowest BCUT2D eigenvalue weighted by molar-refractivity contribution is 0.0940. The lowest BCUT2D eigenvalue weighted by atomic mass is 9.84. The van der Waals surface area contributed by atoms with Crippen molar-refractivity contribution in [2.75, 3.05) is 31.3 Å². The fraction of sp³-hybridized carbons (Fsp3) is 0.450. The van der Waals surface area contributed by atoms with Crippen LogP contribution in [0, 0.1) is 0 Å². The molecule has 0 bridgehead atoms. The van der Waals surface area contributed by atoms with Gasteiger partial charge in [-0.05, 0) is 31.5 Å².